The highest BCUT2D eigenvalue weighted by Crippen LogP contribution is 2.26. The summed E-state index contributed by atoms with van der Waals surface area (Å²) in [7, 11) is -3.78. The van der Waals surface area contributed by atoms with Crippen LogP contribution in [0.25, 0.3) is 0 Å². The highest BCUT2D eigenvalue weighted by atomic mass is 35.5. The normalized spacial score (nSPS) is 15.3. The third kappa shape index (κ3) is 3.53. The van der Waals surface area contributed by atoms with Gasteiger partial charge >= 0.3 is 6.03 Å². The molecule has 0 atom stereocenters. The van der Waals surface area contributed by atoms with E-state index >= 15 is 0 Å². The van der Waals surface area contributed by atoms with Gasteiger partial charge in [-0.15, -0.1) is 0 Å². The molecule has 9 heteroatoms. The van der Waals surface area contributed by atoms with Crippen molar-refractivity contribution >= 4 is 27.7 Å². The predicted molar refractivity (Wildman–Crippen MR) is 73.3 cm³/mol. The lowest BCUT2D eigenvalue weighted by molar-refractivity contribution is 0.202. The maximum atomic E-state index is 11.3. The summed E-state index contributed by atoms with van der Waals surface area (Å²) >= 11 is 5.92. The van der Waals surface area contributed by atoms with Gasteiger partial charge in [0.1, 0.15) is 12.4 Å². The maximum absolute atomic E-state index is 11.3. The van der Waals surface area contributed by atoms with Gasteiger partial charge in [0.05, 0.1) is 16.5 Å². The van der Waals surface area contributed by atoms with Gasteiger partial charge in [-0.1, -0.05) is 11.6 Å². The summed E-state index contributed by atoms with van der Waals surface area (Å²) in [6.07, 6.45) is 0. The minimum Gasteiger partial charge on any atom is -0.490 e. The average molecular weight is 320 g/mol. The summed E-state index contributed by atoms with van der Waals surface area (Å²) in [5, 5.41) is 7.83. The van der Waals surface area contributed by atoms with E-state index in [4.69, 9.17) is 21.5 Å². The molecule has 2 amide bonds. The van der Waals surface area contributed by atoms with Gasteiger partial charge in [0.15, 0.2) is 0 Å². The highest BCUT2D eigenvalue weighted by molar-refractivity contribution is 7.89. The molecule has 1 aliphatic rings. The maximum Gasteiger partial charge on any atom is 0.317 e. The SMILES string of the molecule is NS(=O)(=O)c1ccc(OCCN2CCNC2=O)c(Cl)c1. The molecule has 0 aliphatic carbocycles. The molecule has 20 heavy (non-hydrogen) atoms. The van der Waals surface area contributed by atoms with Crippen molar-refractivity contribution in [3.05, 3.63) is 23.2 Å². The lowest BCUT2D eigenvalue weighted by Gasteiger charge is -2.15. The zero-order valence-electron chi connectivity index (χ0n) is 10.5. The molecule has 2 rings (SSSR count). The quantitative estimate of drug-likeness (QED) is 0.819. The Balaban J connectivity index is 1.95. The average Bonchev–Trinajstić information content (AvgIpc) is 2.76. The van der Waals surface area contributed by atoms with E-state index < -0.39 is 10.0 Å². The van der Waals surface area contributed by atoms with E-state index in [1.807, 2.05) is 0 Å². The molecule has 3 N–H and O–H groups in total. The molecule has 0 radical (unpaired) electrons. The van der Waals surface area contributed by atoms with Crippen LogP contribution in [0.4, 0.5) is 4.79 Å². The molecule has 1 fully saturated rings. The second-order valence-corrected chi connectivity index (χ2v) is 6.17. The first-order valence-electron chi connectivity index (χ1n) is 5.86. The fraction of sp³-hybridized carbons (Fsp3) is 0.364. The van der Waals surface area contributed by atoms with Crippen molar-refractivity contribution in [2.75, 3.05) is 26.2 Å². The van der Waals surface area contributed by atoms with Gasteiger partial charge in [0.25, 0.3) is 0 Å². The summed E-state index contributed by atoms with van der Waals surface area (Å²) in [4.78, 5) is 12.8. The summed E-state index contributed by atoms with van der Waals surface area (Å²) < 4.78 is 27.7. The van der Waals surface area contributed by atoms with Crippen LogP contribution in [0.3, 0.4) is 0 Å². The van der Waals surface area contributed by atoms with Gasteiger partial charge in [-0.05, 0) is 18.2 Å². The topological polar surface area (TPSA) is 102 Å². The Labute approximate surface area is 121 Å². The van der Waals surface area contributed by atoms with E-state index in [0.717, 1.165) is 0 Å². The molecule has 7 nitrogen and oxygen atoms in total. The zero-order valence-corrected chi connectivity index (χ0v) is 12.1. The van der Waals surface area contributed by atoms with Crippen molar-refractivity contribution in [3.63, 3.8) is 0 Å². The first kappa shape index (κ1) is 14.9. The number of urea groups is 1. The number of hydrogen-bond acceptors (Lipinski definition) is 4. The van der Waals surface area contributed by atoms with E-state index in [1.165, 1.54) is 18.2 Å². The Bertz CT molecular complexity index is 620. The molecule has 1 saturated heterocycles. The summed E-state index contributed by atoms with van der Waals surface area (Å²) in [6, 6.07) is 3.87. The molecular weight excluding hydrogens is 306 g/mol. The van der Waals surface area contributed by atoms with Crippen molar-refractivity contribution < 1.29 is 17.9 Å². The lowest BCUT2D eigenvalue weighted by Crippen LogP contribution is -2.31. The Morgan fingerprint density at radius 1 is 1.45 bits per heavy atom. The van der Waals surface area contributed by atoms with Gasteiger partial charge in [0, 0.05) is 13.1 Å². The van der Waals surface area contributed by atoms with Crippen LogP contribution in [0, 0.1) is 0 Å². The van der Waals surface area contributed by atoms with Crippen molar-refractivity contribution in [2.24, 2.45) is 5.14 Å². The first-order chi connectivity index (χ1) is 9.38. The highest BCUT2D eigenvalue weighted by Gasteiger charge is 2.19. The number of sulfonamides is 1. The van der Waals surface area contributed by atoms with E-state index in [0.29, 0.717) is 25.4 Å². The minimum absolute atomic E-state index is 0.0752. The number of amides is 2. The van der Waals surface area contributed by atoms with Gasteiger partial charge in [-0.25, -0.2) is 18.4 Å². The number of carbonyl (C=O) groups excluding carboxylic acids is 1. The number of carbonyl (C=O) groups is 1. The van der Waals surface area contributed by atoms with Crippen LogP contribution in [0.15, 0.2) is 23.1 Å². The van der Waals surface area contributed by atoms with Crippen LogP contribution in [-0.2, 0) is 10.0 Å². The smallest absolute Gasteiger partial charge is 0.317 e. The Kier molecular flexibility index (Phi) is 4.36. The molecular formula is C11H14ClN3O4S. The first-order valence-corrected chi connectivity index (χ1v) is 7.78. The number of primary sulfonamides is 1. The number of benzene rings is 1. The molecule has 1 aromatic carbocycles. The van der Waals surface area contributed by atoms with Crippen molar-refractivity contribution in [2.45, 2.75) is 4.90 Å². The molecule has 0 saturated carbocycles. The van der Waals surface area contributed by atoms with Crippen LogP contribution >= 0.6 is 11.6 Å². The standard InChI is InChI=1S/C11H14ClN3O4S/c12-9-7-8(20(13,17)18)1-2-10(9)19-6-5-15-4-3-14-11(15)16/h1-2,7H,3-6H2,(H,14,16)(H2,13,17,18). The summed E-state index contributed by atoms with van der Waals surface area (Å²) in [6.45, 7) is 1.96. The molecule has 0 unspecified atom stereocenters. The van der Waals surface area contributed by atoms with E-state index in [2.05, 4.69) is 5.32 Å². The fourth-order valence-electron chi connectivity index (χ4n) is 1.77. The fourth-order valence-corrected chi connectivity index (χ4v) is 2.61. The third-order valence-corrected chi connectivity index (χ3v) is 4.00. The van der Waals surface area contributed by atoms with Crippen LogP contribution in [0.2, 0.25) is 5.02 Å². The Hall–Kier alpha value is -1.51. The molecule has 1 aliphatic heterocycles. The second kappa shape index (κ2) is 5.86. The van der Waals surface area contributed by atoms with Crippen molar-refractivity contribution in [1.82, 2.24) is 10.2 Å². The largest absolute Gasteiger partial charge is 0.490 e. The summed E-state index contributed by atoms with van der Waals surface area (Å²) in [5.41, 5.74) is 0. The Morgan fingerprint density at radius 2 is 2.20 bits per heavy atom. The van der Waals surface area contributed by atoms with Gasteiger partial charge in [-0.3, -0.25) is 0 Å². The molecule has 0 bridgehead atoms. The lowest BCUT2D eigenvalue weighted by atomic mass is 10.3. The Morgan fingerprint density at radius 3 is 2.75 bits per heavy atom. The van der Waals surface area contributed by atoms with E-state index in [9.17, 15) is 13.2 Å². The van der Waals surface area contributed by atoms with Gasteiger partial charge in [0.2, 0.25) is 10.0 Å². The van der Waals surface area contributed by atoms with Crippen molar-refractivity contribution in [3.8, 4) is 5.75 Å². The number of rotatable bonds is 5. The van der Waals surface area contributed by atoms with Gasteiger partial charge < -0.3 is 15.0 Å². The van der Waals surface area contributed by atoms with Gasteiger partial charge in [-0.2, -0.15) is 0 Å². The monoisotopic (exact) mass is 319 g/mol. The third-order valence-electron chi connectivity index (χ3n) is 2.80. The predicted octanol–water partition coefficient (Wildman–Crippen LogP) is 0.391. The number of nitrogens with one attached hydrogen (secondary N) is 1. The zero-order chi connectivity index (χ0) is 14.8. The molecule has 0 aromatic heterocycles. The number of nitrogens with zero attached hydrogens (tertiary/aromatic N) is 1. The second-order valence-electron chi connectivity index (χ2n) is 4.20. The molecule has 1 heterocycles. The molecule has 1 aromatic rings. The number of halogens is 1. The van der Waals surface area contributed by atoms with Crippen LogP contribution in [-0.4, -0.2) is 45.6 Å². The van der Waals surface area contributed by atoms with E-state index in [1.54, 1.807) is 4.90 Å². The minimum atomic E-state index is -3.78. The van der Waals surface area contributed by atoms with Crippen LogP contribution < -0.4 is 15.2 Å². The van der Waals surface area contributed by atoms with Crippen LogP contribution in [0.1, 0.15) is 0 Å². The summed E-state index contributed by atoms with van der Waals surface area (Å²) in [5.74, 6) is 0.346. The van der Waals surface area contributed by atoms with Crippen LogP contribution in [0.5, 0.6) is 5.75 Å². The molecule has 0 spiro atoms. The number of ether oxygens (including phenoxy) is 1. The van der Waals surface area contributed by atoms with E-state index in [-0.39, 0.29) is 22.6 Å². The number of nitrogens with two attached hydrogens (primary N) is 1. The van der Waals surface area contributed by atoms with Crippen molar-refractivity contribution in [1.29, 1.82) is 0 Å². The molecule has 110 valence electrons. The number of hydrogen-bond donors (Lipinski definition) is 2.